The van der Waals surface area contributed by atoms with Crippen molar-refractivity contribution < 1.29 is 9.47 Å². The molecule has 0 bridgehead atoms. The number of hydrogen-bond acceptors (Lipinski definition) is 4. The lowest BCUT2D eigenvalue weighted by atomic mass is 10.2. The predicted molar refractivity (Wildman–Crippen MR) is 123 cm³/mol. The van der Waals surface area contributed by atoms with Crippen molar-refractivity contribution in [1.29, 1.82) is 0 Å². The molecule has 0 saturated heterocycles. The van der Waals surface area contributed by atoms with Crippen LogP contribution >= 0.6 is 0 Å². The van der Waals surface area contributed by atoms with E-state index in [1.165, 1.54) is 5.56 Å². The summed E-state index contributed by atoms with van der Waals surface area (Å²) in [5.74, 6) is 2.16. The first kappa shape index (κ1) is 22.2. The lowest BCUT2D eigenvalue weighted by molar-refractivity contribution is 0.284. The Hall–Kier alpha value is -3.48. The number of benzene rings is 2. The number of hydrogen-bond donors (Lipinski definition) is 2. The SMILES string of the molecule is CN=C(NCc1ccc(OCc2ccccc2)c(OC)c1)NCc1c(C)nn(C)c1C. The zero-order chi connectivity index (χ0) is 22.2. The van der Waals surface area contributed by atoms with Crippen LogP contribution in [0.5, 0.6) is 11.5 Å². The van der Waals surface area contributed by atoms with Crippen LogP contribution in [0.3, 0.4) is 0 Å². The summed E-state index contributed by atoms with van der Waals surface area (Å²) in [5.41, 5.74) is 5.55. The molecule has 0 aliphatic rings. The van der Waals surface area contributed by atoms with E-state index >= 15 is 0 Å². The zero-order valence-electron chi connectivity index (χ0n) is 18.9. The third-order valence-corrected chi connectivity index (χ3v) is 5.24. The van der Waals surface area contributed by atoms with E-state index in [2.05, 4.69) is 27.6 Å². The molecular weight excluding hydrogens is 390 g/mol. The second-order valence-corrected chi connectivity index (χ2v) is 7.31. The molecule has 0 radical (unpaired) electrons. The van der Waals surface area contributed by atoms with Crippen LogP contribution in [0.15, 0.2) is 53.5 Å². The van der Waals surface area contributed by atoms with Crippen LogP contribution < -0.4 is 20.1 Å². The maximum Gasteiger partial charge on any atom is 0.191 e. The topological polar surface area (TPSA) is 72.7 Å². The van der Waals surface area contributed by atoms with Crippen LogP contribution in [0.4, 0.5) is 0 Å². The van der Waals surface area contributed by atoms with Crippen molar-refractivity contribution in [2.75, 3.05) is 14.2 Å². The average molecular weight is 422 g/mol. The summed E-state index contributed by atoms with van der Waals surface area (Å²) in [5, 5.41) is 11.2. The molecule has 0 aliphatic carbocycles. The molecule has 0 spiro atoms. The molecule has 3 aromatic rings. The third-order valence-electron chi connectivity index (χ3n) is 5.24. The van der Waals surface area contributed by atoms with Crippen LogP contribution in [0.1, 0.15) is 28.1 Å². The number of aliphatic imine (C=N–C) groups is 1. The van der Waals surface area contributed by atoms with Gasteiger partial charge < -0.3 is 20.1 Å². The first-order chi connectivity index (χ1) is 15.0. The number of aryl methyl sites for hydroxylation is 2. The van der Waals surface area contributed by atoms with Crippen molar-refractivity contribution in [1.82, 2.24) is 20.4 Å². The molecule has 0 aliphatic heterocycles. The van der Waals surface area contributed by atoms with E-state index in [1.54, 1.807) is 14.2 Å². The van der Waals surface area contributed by atoms with Crippen LogP contribution in [-0.4, -0.2) is 29.9 Å². The van der Waals surface area contributed by atoms with E-state index in [0.717, 1.165) is 34.2 Å². The van der Waals surface area contributed by atoms with E-state index in [1.807, 2.05) is 67.2 Å². The van der Waals surface area contributed by atoms with Gasteiger partial charge in [-0.3, -0.25) is 9.67 Å². The van der Waals surface area contributed by atoms with Crippen LogP contribution in [0, 0.1) is 13.8 Å². The van der Waals surface area contributed by atoms with Crippen LogP contribution in [-0.2, 0) is 26.7 Å². The number of ether oxygens (including phenoxy) is 2. The summed E-state index contributed by atoms with van der Waals surface area (Å²) in [4.78, 5) is 4.32. The molecular formula is C24H31N5O2. The highest BCUT2D eigenvalue weighted by Crippen LogP contribution is 2.28. The molecule has 0 fully saturated rings. The predicted octanol–water partition coefficient (Wildman–Crippen LogP) is 3.49. The standard InChI is InChI=1S/C24H31N5O2/c1-17-21(18(2)29(4)28-17)15-27-24(25-3)26-14-20-11-12-22(23(13-20)30-5)31-16-19-9-7-6-8-10-19/h6-13H,14-16H2,1-5H3,(H2,25,26,27). The minimum Gasteiger partial charge on any atom is -0.493 e. The Bertz CT molecular complexity index is 1030. The minimum absolute atomic E-state index is 0.499. The highest BCUT2D eigenvalue weighted by molar-refractivity contribution is 5.79. The molecule has 0 saturated carbocycles. The monoisotopic (exact) mass is 421 g/mol. The molecule has 0 unspecified atom stereocenters. The maximum atomic E-state index is 5.94. The van der Waals surface area contributed by atoms with Gasteiger partial charge in [0.25, 0.3) is 0 Å². The lowest BCUT2D eigenvalue weighted by Crippen LogP contribution is -2.36. The Kier molecular flexibility index (Phi) is 7.54. The molecule has 2 aromatic carbocycles. The number of aromatic nitrogens is 2. The molecule has 7 nitrogen and oxygen atoms in total. The molecule has 0 atom stereocenters. The van der Waals surface area contributed by atoms with Crippen molar-refractivity contribution in [2.45, 2.75) is 33.5 Å². The van der Waals surface area contributed by atoms with Gasteiger partial charge in [0.05, 0.1) is 12.8 Å². The summed E-state index contributed by atoms with van der Waals surface area (Å²) < 4.78 is 13.4. The van der Waals surface area contributed by atoms with Gasteiger partial charge in [-0.1, -0.05) is 36.4 Å². The van der Waals surface area contributed by atoms with Gasteiger partial charge in [-0.05, 0) is 37.1 Å². The van der Waals surface area contributed by atoms with Crippen molar-refractivity contribution >= 4 is 5.96 Å². The Morgan fingerprint density at radius 1 is 1.00 bits per heavy atom. The smallest absolute Gasteiger partial charge is 0.191 e. The van der Waals surface area contributed by atoms with Gasteiger partial charge in [-0.25, -0.2) is 0 Å². The van der Waals surface area contributed by atoms with Gasteiger partial charge in [0, 0.05) is 38.4 Å². The van der Waals surface area contributed by atoms with Crippen LogP contribution in [0.2, 0.25) is 0 Å². The maximum absolute atomic E-state index is 5.94. The first-order valence-electron chi connectivity index (χ1n) is 10.3. The van der Waals surface area contributed by atoms with Crippen molar-refractivity contribution in [3.05, 3.63) is 76.6 Å². The van der Waals surface area contributed by atoms with Crippen molar-refractivity contribution in [2.24, 2.45) is 12.0 Å². The summed E-state index contributed by atoms with van der Waals surface area (Å²) >= 11 is 0. The Balaban J connectivity index is 1.57. The average Bonchev–Trinajstić information content (AvgIpc) is 3.04. The minimum atomic E-state index is 0.499. The molecule has 2 N–H and O–H groups in total. The van der Waals surface area contributed by atoms with E-state index in [0.29, 0.717) is 25.4 Å². The summed E-state index contributed by atoms with van der Waals surface area (Å²) in [6.07, 6.45) is 0. The van der Waals surface area contributed by atoms with Crippen molar-refractivity contribution in [3.8, 4) is 11.5 Å². The molecule has 164 valence electrons. The Morgan fingerprint density at radius 3 is 2.39 bits per heavy atom. The van der Waals surface area contributed by atoms with Crippen LogP contribution in [0.25, 0.3) is 0 Å². The normalized spacial score (nSPS) is 11.3. The molecule has 3 rings (SSSR count). The molecule has 7 heteroatoms. The highest BCUT2D eigenvalue weighted by Gasteiger charge is 2.10. The summed E-state index contributed by atoms with van der Waals surface area (Å²) in [7, 11) is 5.37. The highest BCUT2D eigenvalue weighted by atomic mass is 16.5. The van der Waals surface area contributed by atoms with E-state index < -0.39 is 0 Å². The molecule has 31 heavy (non-hydrogen) atoms. The number of nitrogens with one attached hydrogen (secondary N) is 2. The van der Waals surface area contributed by atoms with Gasteiger partial charge in [-0.2, -0.15) is 5.10 Å². The quantitative estimate of drug-likeness (QED) is 0.430. The van der Waals surface area contributed by atoms with Gasteiger partial charge >= 0.3 is 0 Å². The van der Waals surface area contributed by atoms with Gasteiger partial charge in [0.1, 0.15) is 6.61 Å². The zero-order valence-corrected chi connectivity index (χ0v) is 18.9. The largest absolute Gasteiger partial charge is 0.493 e. The Labute approximate surface area is 184 Å². The number of rotatable bonds is 8. The first-order valence-corrected chi connectivity index (χ1v) is 10.3. The summed E-state index contributed by atoms with van der Waals surface area (Å²) in [6.45, 7) is 5.87. The Morgan fingerprint density at radius 2 is 1.74 bits per heavy atom. The van der Waals surface area contributed by atoms with E-state index in [9.17, 15) is 0 Å². The fourth-order valence-corrected chi connectivity index (χ4v) is 3.33. The lowest BCUT2D eigenvalue weighted by Gasteiger charge is -2.15. The van der Waals surface area contributed by atoms with Gasteiger partial charge in [-0.15, -0.1) is 0 Å². The fraction of sp³-hybridized carbons (Fsp3) is 0.333. The van der Waals surface area contributed by atoms with E-state index in [-0.39, 0.29) is 0 Å². The second kappa shape index (κ2) is 10.5. The fourth-order valence-electron chi connectivity index (χ4n) is 3.33. The van der Waals surface area contributed by atoms with Crippen molar-refractivity contribution in [3.63, 3.8) is 0 Å². The second-order valence-electron chi connectivity index (χ2n) is 7.31. The van der Waals surface area contributed by atoms with E-state index in [4.69, 9.17) is 9.47 Å². The molecule has 0 amide bonds. The third kappa shape index (κ3) is 5.78. The van der Waals surface area contributed by atoms with Gasteiger partial charge in [0.15, 0.2) is 17.5 Å². The molecule has 1 aromatic heterocycles. The summed E-state index contributed by atoms with van der Waals surface area (Å²) in [6, 6.07) is 16.0. The number of nitrogens with zero attached hydrogens (tertiary/aromatic N) is 3. The van der Waals surface area contributed by atoms with Gasteiger partial charge in [0.2, 0.25) is 0 Å². The molecule has 1 heterocycles. The number of methoxy groups -OCH3 is 1. The number of guanidine groups is 1.